The van der Waals surface area contributed by atoms with Crippen molar-refractivity contribution in [2.75, 3.05) is 4.90 Å². The summed E-state index contributed by atoms with van der Waals surface area (Å²) >= 11 is 3.41. The van der Waals surface area contributed by atoms with E-state index in [1.54, 1.807) is 85.4 Å². The van der Waals surface area contributed by atoms with Gasteiger partial charge in [0.05, 0.1) is 23.0 Å². The van der Waals surface area contributed by atoms with Crippen LogP contribution < -0.4 is 10.5 Å². The largest absolute Gasteiger partial charge is 0.507 e. The lowest BCUT2D eigenvalue weighted by molar-refractivity contribution is -0.132. The number of hydrogen-bond acceptors (Lipinski definition) is 4. The minimum Gasteiger partial charge on any atom is -0.507 e. The Morgan fingerprint density at radius 2 is 1.44 bits per heavy atom. The minimum absolute atomic E-state index is 0.0672. The smallest absolute Gasteiger partial charge is 0.300 e. The van der Waals surface area contributed by atoms with Gasteiger partial charge in [-0.2, -0.15) is 0 Å². The highest BCUT2D eigenvalue weighted by molar-refractivity contribution is 9.10. The molecule has 8 heteroatoms. The van der Waals surface area contributed by atoms with E-state index < -0.39 is 23.3 Å². The monoisotopic (exact) mass is 543 g/mol. The first kappa shape index (κ1) is 23.6. The van der Waals surface area contributed by atoms with Crippen molar-refractivity contribution in [3.63, 3.8) is 0 Å². The van der Waals surface area contributed by atoms with E-state index >= 15 is 0 Å². The Morgan fingerprint density at radius 1 is 0.861 bits per heavy atom. The number of hydrogen-bond donors (Lipinski definition) is 1. The number of aliphatic hydroxyl groups excluding tert-OH is 1. The summed E-state index contributed by atoms with van der Waals surface area (Å²) in [5.74, 6) is -2.01. The molecule has 1 aliphatic heterocycles. The first-order valence-corrected chi connectivity index (χ1v) is 12.1. The molecule has 7 nitrogen and oxygen atoms in total. The van der Waals surface area contributed by atoms with Gasteiger partial charge in [-0.1, -0.05) is 76.6 Å². The molecule has 3 aromatic carbocycles. The Hall–Kier alpha value is -4.17. The number of aliphatic hydroxyl groups is 1. The number of halogens is 1. The zero-order chi connectivity index (χ0) is 25.6. The minimum atomic E-state index is -0.990. The summed E-state index contributed by atoms with van der Waals surface area (Å²) in [5.41, 5.74) is 1.71. The topological polar surface area (TPSA) is 84.5 Å². The molecule has 0 bridgehead atoms. The fourth-order valence-electron chi connectivity index (χ4n) is 4.61. The van der Waals surface area contributed by atoms with Gasteiger partial charge in [0.25, 0.3) is 17.2 Å². The lowest BCUT2D eigenvalue weighted by Gasteiger charge is -2.24. The number of anilines is 1. The molecular weight excluding hydrogens is 522 g/mol. The van der Waals surface area contributed by atoms with Crippen molar-refractivity contribution in [1.29, 1.82) is 0 Å². The highest BCUT2D eigenvalue weighted by Gasteiger charge is 2.49. The molecule has 0 spiro atoms. The van der Waals surface area contributed by atoms with Gasteiger partial charge in [0.2, 0.25) is 0 Å². The number of para-hydroxylation sites is 1. The van der Waals surface area contributed by atoms with Crippen molar-refractivity contribution in [3.05, 3.63) is 122 Å². The number of Topliss-reactive ketones (excluding diaryl/α,β-unsaturated/α-hetero) is 1. The maximum Gasteiger partial charge on any atom is 0.300 e. The standard InChI is InChI=1S/C28H22BrN3O4/c1-17-23(27(35)32(30(17)2)21-11-7-4-8-12-21)31-24(18-13-15-20(29)16-14-18)22(26(34)28(31)36)25(33)19-9-5-3-6-10-19/h3-16,24,33H,1-2H3/b25-22+. The normalized spacial score (nSPS) is 17.1. The molecule has 5 rings (SSSR count). The lowest BCUT2D eigenvalue weighted by atomic mass is 9.95. The van der Waals surface area contributed by atoms with Gasteiger partial charge in [-0.25, -0.2) is 4.68 Å². The number of amides is 1. The molecule has 1 aliphatic rings. The number of carbonyl (C=O) groups is 2. The number of aromatic nitrogens is 2. The van der Waals surface area contributed by atoms with Crippen LogP contribution in [0, 0.1) is 6.92 Å². The van der Waals surface area contributed by atoms with Crippen LogP contribution in [-0.2, 0) is 16.6 Å². The van der Waals surface area contributed by atoms with Crippen LogP contribution in [-0.4, -0.2) is 26.2 Å². The predicted molar refractivity (Wildman–Crippen MR) is 141 cm³/mol. The molecule has 1 aromatic heterocycles. The van der Waals surface area contributed by atoms with Crippen LogP contribution in [0.1, 0.15) is 22.9 Å². The molecule has 36 heavy (non-hydrogen) atoms. The third kappa shape index (κ3) is 3.70. The molecule has 0 radical (unpaired) electrons. The maximum atomic E-state index is 13.8. The fraction of sp³-hybridized carbons (Fsp3) is 0.107. The average molecular weight is 544 g/mol. The Bertz CT molecular complexity index is 1570. The molecule has 0 saturated carbocycles. The van der Waals surface area contributed by atoms with Crippen molar-refractivity contribution >= 4 is 39.1 Å². The molecule has 180 valence electrons. The molecule has 1 atom stereocenters. The Balaban J connectivity index is 1.78. The van der Waals surface area contributed by atoms with Crippen LogP contribution in [0.3, 0.4) is 0 Å². The van der Waals surface area contributed by atoms with Gasteiger partial charge in [-0.3, -0.25) is 24.0 Å². The van der Waals surface area contributed by atoms with Gasteiger partial charge >= 0.3 is 0 Å². The summed E-state index contributed by atoms with van der Waals surface area (Å²) in [6.45, 7) is 1.73. The van der Waals surface area contributed by atoms with E-state index in [1.807, 2.05) is 18.2 Å². The third-order valence-electron chi connectivity index (χ3n) is 6.44. The fourth-order valence-corrected chi connectivity index (χ4v) is 4.87. The molecule has 1 fully saturated rings. The van der Waals surface area contributed by atoms with Gasteiger partial charge in [0.1, 0.15) is 11.4 Å². The molecule has 1 amide bonds. The third-order valence-corrected chi connectivity index (χ3v) is 6.97. The second-order valence-electron chi connectivity index (χ2n) is 8.50. The summed E-state index contributed by atoms with van der Waals surface area (Å²) in [7, 11) is 1.72. The Kier molecular flexibility index (Phi) is 5.97. The molecule has 4 aromatic rings. The van der Waals surface area contributed by atoms with Gasteiger partial charge < -0.3 is 5.11 Å². The summed E-state index contributed by atoms with van der Waals surface area (Å²) in [4.78, 5) is 41.9. The zero-order valence-corrected chi connectivity index (χ0v) is 21.1. The highest BCUT2D eigenvalue weighted by Crippen LogP contribution is 2.42. The zero-order valence-electron chi connectivity index (χ0n) is 19.6. The number of carbonyl (C=O) groups excluding carboxylic acids is 2. The van der Waals surface area contributed by atoms with E-state index in [0.717, 1.165) is 4.47 Å². The molecule has 1 saturated heterocycles. The van der Waals surface area contributed by atoms with E-state index in [1.165, 1.54) is 9.58 Å². The number of benzene rings is 3. The van der Waals surface area contributed by atoms with Crippen molar-refractivity contribution in [1.82, 2.24) is 9.36 Å². The summed E-state index contributed by atoms with van der Waals surface area (Å²) in [6.07, 6.45) is 0. The first-order valence-electron chi connectivity index (χ1n) is 11.3. The highest BCUT2D eigenvalue weighted by atomic mass is 79.9. The summed E-state index contributed by atoms with van der Waals surface area (Å²) in [5, 5.41) is 11.2. The van der Waals surface area contributed by atoms with Crippen LogP contribution in [0.15, 0.2) is 99.8 Å². The SMILES string of the molecule is Cc1c(N2C(=O)C(=O)/C(=C(/O)c3ccccc3)C2c2ccc(Br)cc2)c(=O)n(-c2ccccc2)n1C. The van der Waals surface area contributed by atoms with E-state index in [2.05, 4.69) is 15.9 Å². The van der Waals surface area contributed by atoms with Gasteiger partial charge in [0, 0.05) is 17.1 Å². The molecule has 2 heterocycles. The number of ketones is 1. The Labute approximate surface area is 215 Å². The van der Waals surface area contributed by atoms with Crippen molar-refractivity contribution < 1.29 is 14.7 Å². The van der Waals surface area contributed by atoms with Crippen LogP contribution in [0.2, 0.25) is 0 Å². The second-order valence-corrected chi connectivity index (χ2v) is 9.41. The van der Waals surface area contributed by atoms with Gasteiger partial charge in [0.15, 0.2) is 0 Å². The van der Waals surface area contributed by atoms with Crippen LogP contribution >= 0.6 is 15.9 Å². The van der Waals surface area contributed by atoms with E-state index in [0.29, 0.717) is 22.5 Å². The molecule has 1 N–H and O–H groups in total. The average Bonchev–Trinajstić information content (AvgIpc) is 3.28. The van der Waals surface area contributed by atoms with Crippen LogP contribution in [0.4, 0.5) is 5.69 Å². The molecular formula is C28H22BrN3O4. The molecule has 1 unspecified atom stereocenters. The van der Waals surface area contributed by atoms with Gasteiger partial charge in [-0.15, -0.1) is 0 Å². The molecule has 0 aliphatic carbocycles. The quantitative estimate of drug-likeness (QED) is 0.226. The van der Waals surface area contributed by atoms with E-state index in [-0.39, 0.29) is 17.0 Å². The van der Waals surface area contributed by atoms with Crippen molar-refractivity contribution in [2.24, 2.45) is 7.05 Å². The van der Waals surface area contributed by atoms with E-state index in [9.17, 15) is 19.5 Å². The van der Waals surface area contributed by atoms with Crippen LogP contribution in [0.25, 0.3) is 11.4 Å². The number of nitrogens with zero attached hydrogens (tertiary/aromatic N) is 3. The van der Waals surface area contributed by atoms with Crippen molar-refractivity contribution in [2.45, 2.75) is 13.0 Å². The maximum absolute atomic E-state index is 13.8. The summed E-state index contributed by atoms with van der Waals surface area (Å²) in [6, 6.07) is 23.8. The lowest BCUT2D eigenvalue weighted by Crippen LogP contribution is -2.34. The van der Waals surface area contributed by atoms with Crippen LogP contribution in [0.5, 0.6) is 0 Å². The summed E-state index contributed by atoms with van der Waals surface area (Å²) < 4.78 is 3.93. The van der Waals surface area contributed by atoms with E-state index in [4.69, 9.17) is 0 Å². The predicted octanol–water partition coefficient (Wildman–Crippen LogP) is 4.87. The number of rotatable bonds is 4. The Morgan fingerprint density at radius 3 is 2.06 bits per heavy atom. The first-order chi connectivity index (χ1) is 17.3. The van der Waals surface area contributed by atoms with Gasteiger partial charge in [-0.05, 0) is 36.8 Å². The second kappa shape index (κ2) is 9.13. The van der Waals surface area contributed by atoms with Crippen molar-refractivity contribution in [3.8, 4) is 5.69 Å².